The van der Waals surface area contributed by atoms with Gasteiger partial charge in [-0.1, -0.05) is 12.1 Å². The molecule has 1 unspecified atom stereocenters. The Morgan fingerprint density at radius 1 is 1.14 bits per heavy atom. The third-order valence-corrected chi connectivity index (χ3v) is 5.57. The Morgan fingerprint density at radius 2 is 1.86 bits per heavy atom. The fourth-order valence-electron chi connectivity index (χ4n) is 2.94. The lowest BCUT2D eigenvalue weighted by Gasteiger charge is -2.28. The number of carbonyl (C=O) groups is 2. The van der Waals surface area contributed by atoms with Gasteiger partial charge in [0, 0.05) is 5.75 Å². The summed E-state index contributed by atoms with van der Waals surface area (Å²) in [6.45, 7) is 0. The van der Waals surface area contributed by atoms with E-state index >= 15 is 0 Å². The molecule has 0 aliphatic carbocycles. The summed E-state index contributed by atoms with van der Waals surface area (Å²) < 4.78 is 43.6. The van der Waals surface area contributed by atoms with Crippen LogP contribution in [0.15, 0.2) is 42.5 Å². The Morgan fingerprint density at radius 3 is 2.52 bits per heavy atom. The van der Waals surface area contributed by atoms with Gasteiger partial charge in [-0.05, 0) is 35.9 Å². The predicted octanol–water partition coefficient (Wildman–Crippen LogP) is 4.39. The number of rotatable bonds is 6. The average molecular weight is 426 g/mol. The molecule has 29 heavy (non-hydrogen) atoms. The molecule has 0 radical (unpaired) electrons. The van der Waals surface area contributed by atoms with E-state index in [1.807, 2.05) is 0 Å². The smallest absolute Gasteiger partial charge is 0.416 e. The monoisotopic (exact) mass is 426 g/mol. The van der Waals surface area contributed by atoms with Crippen LogP contribution in [0, 0.1) is 0 Å². The van der Waals surface area contributed by atoms with Gasteiger partial charge in [0.2, 0.25) is 0 Å². The fourth-order valence-corrected chi connectivity index (χ4v) is 4.12. The Hall–Kier alpha value is -2.88. The summed E-state index contributed by atoms with van der Waals surface area (Å²) in [4.78, 5) is 21.8. The maximum absolute atomic E-state index is 13.0. The second kappa shape index (κ2) is 7.86. The van der Waals surface area contributed by atoms with Gasteiger partial charge in [-0.2, -0.15) is 13.2 Å². The zero-order valence-electron chi connectivity index (χ0n) is 15.2. The molecule has 1 aliphatic rings. The molecule has 6 nitrogen and oxygen atoms in total. The molecule has 1 aliphatic heterocycles. The number of anilines is 2. The summed E-state index contributed by atoms with van der Waals surface area (Å²) in [7, 11) is 1.27. The van der Waals surface area contributed by atoms with E-state index in [1.165, 1.54) is 24.9 Å². The van der Waals surface area contributed by atoms with Crippen molar-refractivity contribution in [3.05, 3.63) is 59.2 Å². The molecule has 0 spiro atoms. The highest BCUT2D eigenvalue weighted by molar-refractivity contribution is 8.00. The number of esters is 1. The van der Waals surface area contributed by atoms with Crippen molar-refractivity contribution in [1.82, 2.24) is 0 Å². The number of ether oxygens (including phenoxy) is 1. The molecule has 2 aromatic rings. The summed E-state index contributed by atoms with van der Waals surface area (Å²) in [5.41, 5.74) is 0.820. The Bertz CT molecular complexity index is 951. The minimum Gasteiger partial charge on any atom is -0.481 e. The number of nitrogens with one attached hydrogen (secondary N) is 2. The number of carboxylic acid groups (broad SMARTS) is 1. The number of halogens is 3. The number of carbonyl (C=O) groups excluding carboxylic acids is 1. The van der Waals surface area contributed by atoms with Gasteiger partial charge in [0.1, 0.15) is 0 Å². The van der Waals surface area contributed by atoms with Gasteiger partial charge < -0.3 is 20.5 Å². The topological polar surface area (TPSA) is 87.7 Å². The SMILES string of the molecule is COC(=O)c1cccc(CSC2(CC(=O)O)Nc3ccc(C(F)(F)F)cc3N2)c1. The van der Waals surface area contributed by atoms with E-state index in [0.29, 0.717) is 17.0 Å². The van der Waals surface area contributed by atoms with Crippen LogP contribution in [0.5, 0.6) is 0 Å². The van der Waals surface area contributed by atoms with Crippen LogP contribution in [0.25, 0.3) is 0 Å². The highest BCUT2D eigenvalue weighted by Crippen LogP contribution is 2.45. The van der Waals surface area contributed by atoms with Crippen LogP contribution in [0.3, 0.4) is 0 Å². The van der Waals surface area contributed by atoms with Crippen LogP contribution in [0.4, 0.5) is 24.5 Å². The first-order chi connectivity index (χ1) is 13.6. The van der Waals surface area contributed by atoms with Crippen LogP contribution < -0.4 is 10.6 Å². The Labute approximate surface area is 168 Å². The van der Waals surface area contributed by atoms with Crippen molar-refractivity contribution in [3.8, 4) is 0 Å². The van der Waals surface area contributed by atoms with E-state index in [-0.39, 0.29) is 12.1 Å². The van der Waals surface area contributed by atoms with Gasteiger partial charge in [0.15, 0.2) is 4.99 Å². The summed E-state index contributed by atoms with van der Waals surface area (Å²) >= 11 is 1.17. The number of hydrogen-bond acceptors (Lipinski definition) is 6. The minimum absolute atomic E-state index is 0.178. The lowest BCUT2D eigenvalue weighted by atomic mass is 10.1. The number of carboxylic acids is 1. The highest BCUT2D eigenvalue weighted by atomic mass is 32.2. The third kappa shape index (κ3) is 4.76. The van der Waals surface area contributed by atoms with Gasteiger partial charge in [0.25, 0.3) is 0 Å². The first kappa shape index (κ1) is 20.8. The largest absolute Gasteiger partial charge is 0.481 e. The molecule has 154 valence electrons. The van der Waals surface area contributed by atoms with Gasteiger partial charge in [0.05, 0.1) is 36.0 Å². The molecule has 0 aromatic heterocycles. The van der Waals surface area contributed by atoms with Crippen LogP contribution in [-0.4, -0.2) is 29.1 Å². The zero-order valence-corrected chi connectivity index (χ0v) is 16.0. The predicted molar refractivity (Wildman–Crippen MR) is 103 cm³/mol. The molecule has 10 heteroatoms. The molecule has 1 heterocycles. The van der Waals surface area contributed by atoms with Gasteiger partial charge in [-0.3, -0.25) is 4.79 Å². The van der Waals surface area contributed by atoms with Crippen molar-refractivity contribution < 1.29 is 32.6 Å². The maximum Gasteiger partial charge on any atom is 0.416 e. The van der Waals surface area contributed by atoms with Crippen molar-refractivity contribution in [2.75, 3.05) is 17.7 Å². The molecule has 0 saturated heterocycles. The lowest BCUT2D eigenvalue weighted by molar-refractivity contribution is -0.138. The lowest BCUT2D eigenvalue weighted by Crippen LogP contribution is -2.40. The molecular weight excluding hydrogens is 409 g/mol. The van der Waals surface area contributed by atoms with Crippen LogP contribution >= 0.6 is 11.8 Å². The van der Waals surface area contributed by atoms with E-state index in [0.717, 1.165) is 17.7 Å². The third-order valence-electron chi connectivity index (χ3n) is 4.25. The highest BCUT2D eigenvalue weighted by Gasteiger charge is 2.40. The average Bonchev–Trinajstić information content (AvgIpc) is 3.02. The summed E-state index contributed by atoms with van der Waals surface area (Å²) in [5, 5.41) is 15.2. The molecule has 2 aromatic carbocycles. The normalized spacial score (nSPS) is 17.8. The first-order valence-corrected chi connectivity index (χ1v) is 9.41. The first-order valence-electron chi connectivity index (χ1n) is 8.42. The minimum atomic E-state index is -4.50. The van der Waals surface area contributed by atoms with Crippen LogP contribution in [0.1, 0.15) is 27.9 Å². The van der Waals surface area contributed by atoms with Crippen LogP contribution in [0.2, 0.25) is 0 Å². The fraction of sp³-hybridized carbons (Fsp3) is 0.263. The number of alkyl halides is 3. The Kier molecular flexibility index (Phi) is 5.65. The van der Waals surface area contributed by atoms with Crippen LogP contribution in [-0.2, 0) is 21.5 Å². The van der Waals surface area contributed by atoms with E-state index in [9.17, 15) is 27.9 Å². The second-order valence-electron chi connectivity index (χ2n) is 6.39. The molecule has 0 amide bonds. The van der Waals surface area contributed by atoms with Crippen molar-refractivity contribution >= 4 is 35.1 Å². The van der Waals surface area contributed by atoms with Gasteiger partial charge >= 0.3 is 18.1 Å². The number of methoxy groups -OCH3 is 1. The number of benzene rings is 2. The second-order valence-corrected chi connectivity index (χ2v) is 7.66. The number of hydrogen-bond donors (Lipinski definition) is 3. The van der Waals surface area contributed by atoms with E-state index in [2.05, 4.69) is 15.4 Å². The molecule has 0 fully saturated rings. The van der Waals surface area contributed by atoms with Gasteiger partial charge in [-0.15, -0.1) is 11.8 Å². The van der Waals surface area contributed by atoms with Crippen molar-refractivity contribution in [1.29, 1.82) is 0 Å². The summed E-state index contributed by atoms with van der Waals surface area (Å²) in [6.07, 6.45) is -4.89. The maximum atomic E-state index is 13.0. The zero-order chi connectivity index (χ0) is 21.2. The van der Waals surface area contributed by atoms with E-state index in [1.54, 1.807) is 24.3 Å². The van der Waals surface area contributed by atoms with Crippen molar-refractivity contribution in [3.63, 3.8) is 0 Å². The molecule has 3 N–H and O–H groups in total. The molecule has 3 rings (SSSR count). The standard InChI is InChI=1S/C19H17F3N2O4S/c1-28-17(27)12-4-2-3-11(7-12)10-29-18(9-16(25)26)23-14-6-5-13(19(20,21)22)8-15(14)24-18/h2-8,23-24H,9-10H2,1H3,(H,25,26). The number of fused-ring (bicyclic) bond motifs is 1. The van der Waals surface area contributed by atoms with Crippen molar-refractivity contribution in [2.45, 2.75) is 23.3 Å². The van der Waals surface area contributed by atoms with Crippen molar-refractivity contribution in [2.24, 2.45) is 0 Å². The molecule has 0 bridgehead atoms. The quantitative estimate of drug-likeness (QED) is 0.591. The summed E-state index contributed by atoms with van der Waals surface area (Å²) in [6, 6.07) is 9.81. The Balaban J connectivity index is 1.82. The summed E-state index contributed by atoms with van der Waals surface area (Å²) in [5.74, 6) is -1.32. The number of thioether (sulfide) groups is 1. The van der Waals surface area contributed by atoms with Gasteiger partial charge in [-0.25, -0.2) is 4.79 Å². The molecule has 1 atom stereocenters. The molecule has 0 saturated carbocycles. The van der Waals surface area contributed by atoms with E-state index < -0.39 is 28.7 Å². The van der Waals surface area contributed by atoms with E-state index in [4.69, 9.17) is 0 Å². The number of aliphatic carboxylic acids is 1. The molecular formula is C19H17F3N2O4S.